The second kappa shape index (κ2) is 14.1. The number of hydrogen-bond acceptors (Lipinski definition) is 0. The van der Waals surface area contributed by atoms with Gasteiger partial charge in [-0.3, -0.25) is 0 Å². The first-order valence-corrected chi connectivity index (χ1v) is 12.2. The Morgan fingerprint density at radius 3 is 2.00 bits per heavy atom. The van der Waals surface area contributed by atoms with E-state index in [1.807, 2.05) is 0 Å². The van der Waals surface area contributed by atoms with Crippen LogP contribution in [0.1, 0.15) is 131 Å². The van der Waals surface area contributed by atoms with Gasteiger partial charge in [0.1, 0.15) is 0 Å². The molecule has 0 heteroatoms. The van der Waals surface area contributed by atoms with Gasteiger partial charge in [-0.05, 0) is 42.4 Å². The van der Waals surface area contributed by atoms with E-state index in [4.69, 9.17) is 0 Å². The van der Waals surface area contributed by atoms with Crippen LogP contribution in [0.3, 0.4) is 0 Å². The van der Waals surface area contributed by atoms with Gasteiger partial charge in [-0.2, -0.15) is 0 Å². The lowest BCUT2D eigenvalue weighted by atomic mass is 9.78. The van der Waals surface area contributed by atoms with E-state index < -0.39 is 0 Å². The average molecular weight is 351 g/mol. The van der Waals surface area contributed by atoms with Crippen LogP contribution in [-0.2, 0) is 0 Å². The fraction of sp³-hybridized carbons (Fsp3) is 1.00. The predicted octanol–water partition coefficient (Wildman–Crippen LogP) is 9.03. The molecule has 0 N–H and O–H groups in total. The third-order valence-corrected chi connectivity index (χ3v) is 7.23. The molecule has 5 unspecified atom stereocenters. The smallest absolute Gasteiger partial charge is 0.0357 e. The molecule has 0 nitrogen and oxygen atoms in total. The lowest BCUT2D eigenvalue weighted by Gasteiger charge is -2.28. The first kappa shape index (κ1) is 23.0. The van der Waals surface area contributed by atoms with Crippen LogP contribution in [0.5, 0.6) is 0 Å². The van der Waals surface area contributed by atoms with Gasteiger partial charge >= 0.3 is 0 Å². The quantitative estimate of drug-likeness (QED) is 0.258. The van der Waals surface area contributed by atoms with Gasteiger partial charge in [-0.15, -0.1) is 0 Å². The van der Waals surface area contributed by atoms with E-state index in [9.17, 15) is 0 Å². The summed E-state index contributed by atoms with van der Waals surface area (Å²) < 4.78 is 0. The molecule has 0 spiro atoms. The molecule has 25 heavy (non-hydrogen) atoms. The maximum Gasteiger partial charge on any atom is -0.0357 e. The Hall–Kier alpha value is 0. The third kappa shape index (κ3) is 8.96. The Kier molecular flexibility index (Phi) is 13.0. The van der Waals surface area contributed by atoms with Crippen molar-refractivity contribution in [3.8, 4) is 0 Å². The topological polar surface area (TPSA) is 0 Å². The van der Waals surface area contributed by atoms with Crippen molar-refractivity contribution >= 4 is 0 Å². The fourth-order valence-electron chi connectivity index (χ4n) is 5.72. The van der Waals surface area contributed by atoms with Crippen molar-refractivity contribution in [2.24, 2.45) is 29.6 Å². The van der Waals surface area contributed by atoms with Crippen molar-refractivity contribution < 1.29 is 0 Å². The monoisotopic (exact) mass is 350 g/mol. The molecular weight excluding hydrogens is 300 g/mol. The van der Waals surface area contributed by atoms with E-state index in [1.165, 1.54) is 96.3 Å². The Morgan fingerprint density at radius 1 is 0.680 bits per heavy atom. The molecular formula is C25H50. The van der Waals surface area contributed by atoms with Gasteiger partial charge in [0.05, 0.1) is 0 Å². The molecule has 0 heterocycles. The first-order valence-electron chi connectivity index (χ1n) is 12.2. The zero-order valence-corrected chi connectivity index (χ0v) is 18.5. The molecule has 1 fully saturated rings. The standard InChI is InChI=1S/C25H50/c1-6-10-11-12-16-23(14-7-2)17-13-18-24(15-8-3)25-20-22(9-4)19-21(25)5/h21-25H,6-20H2,1-5H3. The largest absolute Gasteiger partial charge is 0.0654 e. The van der Waals surface area contributed by atoms with Gasteiger partial charge in [0.2, 0.25) is 0 Å². The lowest BCUT2D eigenvalue weighted by Crippen LogP contribution is -2.18. The summed E-state index contributed by atoms with van der Waals surface area (Å²) in [4.78, 5) is 0. The Balaban J connectivity index is 2.38. The predicted molar refractivity (Wildman–Crippen MR) is 115 cm³/mol. The number of rotatable bonds is 15. The van der Waals surface area contributed by atoms with E-state index in [0.717, 1.165) is 29.6 Å². The normalized spacial score (nSPS) is 26.0. The van der Waals surface area contributed by atoms with Crippen LogP contribution in [0.2, 0.25) is 0 Å². The minimum Gasteiger partial charge on any atom is -0.0654 e. The van der Waals surface area contributed by atoms with Crippen LogP contribution in [0.4, 0.5) is 0 Å². The van der Waals surface area contributed by atoms with Gasteiger partial charge in [0.15, 0.2) is 0 Å². The maximum atomic E-state index is 2.55. The molecule has 0 aromatic heterocycles. The van der Waals surface area contributed by atoms with Crippen molar-refractivity contribution in [1.29, 1.82) is 0 Å². The molecule has 0 saturated heterocycles. The summed E-state index contributed by atoms with van der Waals surface area (Å²) in [5, 5.41) is 0. The molecule has 0 aromatic carbocycles. The summed E-state index contributed by atoms with van der Waals surface area (Å²) in [6.45, 7) is 12.1. The Labute approximate surface area is 160 Å². The second-order valence-electron chi connectivity index (χ2n) is 9.37. The van der Waals surface area contributed by atoms with Crippen LogP contribution in [0.25, 0.3) is 0 Å². The average Bonchev–Trinajstić information content (AvgIpc) is 2.98. The molecule has 1 aliphatic rings. The van der Waals surface area contributed by atoms with Gasteiger partial charge in [0, 0.05) is 0 Å². The van der Waals surface area contributed by atoms with E-state index in [2.05, 4.69) is 34.6 Å². The van der Waals surface area contributed by atoms with Crippen molar-refractivity contribution in [3.05, 3.63) is 0 Å². The van der Waals surface area contributed by atoms with Gasteiger partial charge in [0.25, 0.3) is 0 Å². The highest BCUT2D eigenvalue weighted by Crippen LogP contribution is 2.45. The second-order valence-corrected chi connectivity index (χ2v) is 9.37. The van der Waals surface area contributed by atoms with Crippen molar-refractivity contribution in [2.45, 2.75) is 131 Å². The summed E-state index contributed by atoms with van der Waals surface area (Å²) in [7, 11) is 0. The number of hydrogen-bond donors (Lipinski definition) is 0. The summed E-state index contributed by atoms with van der Waals surface area (Å²) in [5.41, 5.74) is 0. The van der Waals surface area contributed by atoms with Gasteiger partial charge < -0.3 is 0 Å². The van der Waals surface area contributed by atoms with E-state index in [1.54, 1.807) is 0 Å². The highest BCUT2D eigenvalue weighted by molar-refractivity contribution is 4.85. The minimum absolute atomic E-state index is 0.988. The van der Waals surface area contributed by atoms with Crippen LogP contribution in [-0.4, -0.2) is 0 Å². The summed E-state index contributed by atoms with van der Waals surface area (Å²) in [6, 6.07) is 0. The summed E-state index contributed by atoms with van der Waals surface area (Å²) >= 11 is 0. The third-order valence-electron chi connectivity index (χ3n) is 7.23. The highest BCUT2D eigenvalue weighted by Gasteiger charge is 2.34. The molecule has 150 valence electrons. The molecule has 1 saturated carbocycles. The zero-order chi connectivity index (χ0) is 18.5. The summed E-state index contributed by atoms with van der Waals surface area (Å²) in [6.07, 6.45) is 22.0. The van der Waals surface area contributed by atoms with E-state index in [-0.39, 0.29) is 0 Å². The Morgan fingerprint density at radius 2 is 1.40 bits per heavy atom. The van der Waals surface area contributed by atoms with Crippen molar-refractivity contribution in [1.82, 2.24) is 0 Å². The van der Waals surface area contributed by atoms with Crippen LogP contribution in [0, 0.1) is 29.6 Å². The SMILES string of the molecule is CCCCCCC(CCC)CCCC(CCC)C1CC(CC)CC1C. The molecule has 0 aliphatic heterocycles. The molecule has 0 aromatic rings. The zero-order valence-electron chi connectivity index (χ0n) is 18.5. The highest BCUT2D eigenvalue weighted by atomic mass is 14.4. The van der Waals surface area contributed by atoms with E-state index in [0.29, 0.717) is 0 Å². The molecule has 5 atom stereocenters. The fourth-order valence-corrected chi connectivity index (χ4v) is 5.72. The van der Waals surface area contributed by atoms with Crippen molar-refractivity contribution in [2.75, 3.05) is 0 Å². The lowest BCUT2D eigenvalue weighted by molar-refractivity contribution is 0.229. The molecule has 0 bridgehead atoms. The number of unbranched alkanes of at least 4 members (excludes halogenated alkanes) is 3. The Bertz CT molecular complexity index is 294. The summed E-state index contributed by atoms with van der Waals surface area (Å²) in [5.74, 6) is 5.11. The van der Waals surface area contributed by atoms with Crippen LogP contribution >= 0.6 is 0 Å². The van der Waals surface area contributed by atoms with E-state index >= 15 is 0 Å². The van der Waals surface area contributed by atoms with Crippen molar-refractivity contribution in [3.63, 3.8) is 0 Å². The minimum atomic E-state index is 0.988. The molecule has 1 rings (SSSR count). The maximum absolute atomic E-state index is 2.55. The molecule has 0 amide bonds. The van der Waals surface area contributed by atoms with Gasteiger partial charge in [-0.1, -0.05) is 118 Å². The molecule has 1 aliphatic carbocycles. The van der Waals surface area contributed by atoms with Gasteiger partial charge in [-0.25, -0.2) is 0 Å². The first-order chi connectivity index (χ1) is 12.2. The van der Waals surface area contributed by atoms with Crippen LogP contribution < -0.4 is 0 Å². The van der Waals surface area contributed by atoms with Crippen LogP contribution in [0.15, 0.2) is 0 Å². The molecule has 0 radical (unpaired) electrons.